The van der Waals surface area contributed by atoms with Crippen molar-refractivity contribution in [1.29, 1.82) is 0 Å². The van der Waals surface area contributed by atoms with Crippen LogP contribution in [0.2, 0.25) is 5.02 Å². The molecule has 5 rings (SSSR count). The Morgan fingerprint density at radius 1 is 0.895 bits per heavy atom. The van der Waals surface area contributed by atoms with Crippen LogP contribution in [0.5, 0.6) is 11.5 Å². The van der Waals surface area contributed by atoms with E-state index in [0.29, 0.717) is 18.1 Å². The second-order valence-corrected chi connectivity index (χ2v) is 10.4. The van der Waals surface area contributed by atoms with Crippen molar-refractivity contribution in [2.24, 2.45) is 4.99 Å². The van der Waals surface area contributed by atoms with E-state index in [1.54, 1.807) is 25.1 Å². The van der Waals surface area contributed by atoms with Gasteiger partial charge in [-0.05, 0) is 77.9 Å². The summed E-state index contributed by atoms with van der Waals surface area (Å²) >= 11 is 9.88. The van der Waals surface area contributed by atoms with Gasteiger partial charge in [0.2, 0.25) is 0 Å². The van der Waals surface area contributed by atoms with Crippen LogP contribution in [-0.2, 0) is 17.8 Å². The first-order chi connectivity index (χ1) is 18.4. The smallest absolute Gasteiger partial charge is 0.251 e. The third-order valence-electron chi connectivity index (χ3n) is 6.51. The normalized spacial score (nSPS) is 14.9. The lowest BCUT2D eigenvalue weighted by Gasteiger charge is -2.20. The summed E-state index contributed by atoms with van der Waals surface area (Å²) in [4.78, 5) is 20.2. The molecule has 1 aliphatic heterocycles. The van der Waals surface area contributed by atoms with E-state index in [9.17, 15) is 4.79 Å². The minimum Gasteiger partial charge on any atom is -0.497 e. The second-order valence-electron chi connectivity index (χ2n) is 9.04. The first-order valence-corrected chi connectivity index (χ1v) is 13.3. The van der Waals surface area contributed by atoms with Crippen molar-refractivity contribution in [2.75, 3.05) is 19.1 Å². The summed E-state index contributed by atoms with van der Waals surface area (Å²) in [6, 6.07) is 28.5. The third-order valence-corrected chi connectivity index (χ3v) is 7.27. The fraction of sp³-hybridized carbons (Fsp3) is 0.161. The lowest BCUT2D eigenvalue weighted by molar-refractivity contribution is -0.119. The van der Waals surface area contributed by atoms with E-state index < -0.39 is 6.04 Å². The molecule has 38 heavy (non-hydrogen) atoms. The Labute approximate surface area is 235 Å². The zero-order chi connectivity index (χ0) is 26.6. The molecule has 0 N–H and O–H groups in total. The van der Waals surface area contributed by atoms with Gasteiger partial charge in [-0.1, -0.05) is 51.8 Å². The fourth-order valence-corrected chi connectivity index (χ4v) is 4.85. The minimum absolute atomic E-state index is 0.0639. The number of anilines is 1. The number of methoxy groups -OCH3 is 1. The molecular weight excluding hydrogens is 564 g/mol. The van der Waals surface area contributed by atoms with Crippen LogP contribution in [0.25, 0.3) is 0 Å². The Morgan fingerprint density at radius 3 is 2.24 bits per heavy atom. The molecule has 0 aromatic heterocycles. The summed E-state index contributed by atoms with van der Waals surface area (Å²) in [5.41, 5.74) is 5.28. The van der Waals surface area contributed by atoms with E-state index in [1.165, 1.54) is 0 Å². The standard InChI is InChI=1S/C31H26BrClN2O3/c1-35-29-16-11-24(33)18-27(29)30(34-28(31(35)36)17-20-3-9-23(32)10-4-20)22-7-14-26(15-8-22)38-19-21-5-12-25(37-2)13-6-21/h3-16,18,28H,17,19H2,1-2H3. The summed E-state index contributed by atoms with van der Waals surface area (Å²) in [6.07, 6.45) is 0.491. The van der Waals surface area contributed by atoms with Gasteiger partial charge in [-0.2, -0.15) is 0 Å². The number of carbonyl (C=O) groups is 1. The molecule has 0 saturated heterocycles. The predicted octanol–water partition coefficient (Wildman–Crippen LogP) is 7.12. The van der Waals surface area contributed by atoms with E-state index in [-0.39, 0.29) is 5.91 Å². The summed E-state index contributed by atoms with van der Waals surface area (Å²) in [7, 11) is 3.44. The number of carbonyl (C=O) groups excluding carboxylic acids is 1. The Morgan fingerprint density at radius 2 is 1.55 bits per heavy atom. The van der Waals surface area contributed by atoms with Crippen molar-refractivity contribution in [3.8, 4) is 11.5 Å². The van der Waals surface area contributed by atoms with Gasteiger partial charge in [-0.25, -0.2) is 0 Å². The summed E-state index contributed by atoms with van der Waals surface area (Å²) in [5.74, 6) is 1.49. The molecule has 1 aliphatic rings. The Bertz CT molecular complexity index is 1470. The molecule has 1 amide bonds. The lowest BCUT2D eigenvalue weighted by Crippen LogP contribution is -2.36. The SMILES string of the molecule is COc1ccc(COc2ccc(C3=NC(Cc4ccc(Br)cc4)C(=O)N(C)c4ccc(Cl)cc43)cc2)cc1. The van der Waals surface area contributed by atoms with E-state index >= 15 is 0 Å². The van der Waals surface area contributed by atoms with Crippen LogP contribution in [0.1, 0.15) is 22.3 Å². The number of halogens is 2. The Balaban J connectivity index is 1.45. The molecule has 192 valence electrons. The zero-order valence-electron chi connectivity index (χ0n) is 21.0. The molecule has 0 aliphatic carbocycles. The molecule has 1 atom stereocenters. The molecule has 0 radical (unpaired) electrons. The van der Waals surface area contributed by atoms with Gasteiger partial charge in [0.15, 0.2) is 0 Å². The first kappa shape index (κ1) is 26.0. The molecule has 4 aromatic rings. The quantitative estimate of drug-likeness (QED) is 0.231. The number of nitrogens with zero attached hydrogens (tertiary/aromatic N) is 2. The number of rotatable bonds is 7. The number of fused-ring (bicyclic) bond motifs is 1. The Hall–Kier alpha value is -3.61. The van der Waals surface area contributed by atoms with Crippen LogP contribution < -0.4 is 14.4 Å². The number of ether oxygens (including phenoxy) is 2. The average Bonchev–Trinajstić information content (AvgIpc) is 3.04. The zero-order valence-corrected chi connectivity index (χ0v) is 23.4. The highest BCUT2D eigenvalue weighted by molar-refractivity contribution is 9.10. The van der Waals surface area contributed by atoms with Crippen LogP contribution in [0, 0.1) is 0 Å². The van der Waals surface area contributed by atoms with E-state index in [2.05, 4.69) is 15.9 Å². The molecule has 0 fully saturated rings. The van der Waals surface area contributed by atoms with Crippen molar-refractivity contribution in [3.63, 3.8) is 0 Å². The highest BCUT2D eigenvalue weighted by atomic mass is 79.9. The maximum Gasteiger partial charge on any atom is 0.251 e. The van der Waals surface area contributed by atoms with Crippen molar-refractivity contribution >= 4 is 44.8 Å². The first-order valence-electron chi connectivity index (χ1n) is 12.2. The van der Waals surface area contributed by atoms with Crippen LogP contribution >= 0.6 is 27.5 Å². The number of hydrogen-bond donors (Lipinski definition) is 0. The molecule has 7 heteroatoms. The number of amides is 1. The molecule has 1 unspecified atom stereocenters. The molecular formula is C31H26BrClN2O3. The monoisotopic (exact) mass is 588 g/mol. The maximum atomic E-state index is 13.5. The fourth-order valence-electron chi connectivity index (χ4n) is 4.42. The number of benzodiazepines with no additional fused rings is 1. The van der Waals surface area contributed by atoms with Gasteiger partial charge in [-0.3, -0.25) is 9.79 Å². The molecule has 1 heterocycles. The predicted molar refractivity (Wildman–Crippen MR) is 156 cm³/mol. The highest BCUT2D eigenvalue weighted by Crippen LogP contribution is 2.31. The van der Waals surface area contributed by atoms with Crippen molar-refractivity contribution < 1.29 is 14.3 Å². The van der Waals surface area contributed by atoms with Gasteiger partial charge in [0.1, 0.15) is 24.1 Å². The van der Waals surface area contributed by atoms with Crippen molar-refractivity contribution in [1.82, 2.24) is 0 Å². The van der Waals surface area contributed by atoms with Crippen LogP contribution in [0.15, 0.2) is 100 Å². The number of likely N-dealkylation sites (N-methyl/N-ethyl adjacent to an activating group) is 1. The second kappa shape index (κ2) is 11.4. The summed E-state index contributed by atoms with van der Waals surface area (Å²) < 4.78 is 12.2. The molecule has 0 saturated carbocycles. The van der Waals surface area contributed by atoms with Gasteiger partial charge in [0.25, 0.3) is 5.91 Å². The molecule has 4 aromatic carbocycles. The lowest BCUT2D eigenvalue weighted by atomic mass is 10.00. The minimum atomic E-state index is -0.576. The van der Waals surface area contributed by atoms with Gasteiger partial charge >= 0.3 is 0 Å². The molecule has 5 nitrogen and oxygen atoms in total. The average molecular weight is 590 g/mol. The summed E-state index contributed by atoms with van der Waals surface area (Å²) in [6.45, 7) is 0.442. The maximum absolute atomic E-state index is 13.5. The van der Waals surface area contributed by atoms with Crippen LogP contribution in [0.4, 0.5) is 5.69 Å². The van der Waals surface area contributed by atoms with Crippen molar-refractivity contribution in [3.05, 3.63) is 123 Å². The number of aliphatic imine (C=N–C) groups is 1. The largest absolute Gasteiger partial charge is 0.497 e. The Kier molecular flexibility index (Phi) is 7.82. The topological polar surface area (TPSA) is 51.1 Å². The molecule has 0 bridgehead atoms. The van der Waals surface area contributed by atoms with Crippen LogP contribution in [0.3, 0.4) is 0 Å². The van der Waals surface area contributed by atoms with Gasteiger partial charge < -0.3 is 14.4 Å². The number of hydrogen-bond acceptors (Lipinski definition) is 4. The van der Waals surface area contributed by atoms with E-state index in [0.717, 1.165) is 49.6 Å². The van der Waals surface area contributed by atoms with Crippen LogP contribution in [-0.4, -0.2) is 31.8 Å². The third kappa shape index (κ3) is 5.77. The van der Waals surface area contributed by atoms with Gasteiger partial charge in [-0.15, -0.1) is 0 Å². The highest BCUT2D eigenvalue weighted by Gasteiger charge is 2.30. The number of benzene rings is 4. The van der Waals surface area contributed by atoms with Gasteiger partial charge in [0.05, 0.1) is 18.5 Å². The summed E-state index contributed by atoms with van der Waals surface area (Å²) in [5, 5.41) is 0.586. The molecule has 0 spiro atoms. The van der Waals surface area contributed by atoms with Gasteiger partial charge in [0, 0.05) is 34.1 Å². The van der Waals surface area contributed by atoms with Crippen molar-refractivity contribution in [2.45, 2.75) is 19.1 Å². The van der Waals surface area contributed by atoms with E-state index in [4.69, 9.17) is 26.1 Å². The van der Waals surface area contributed by atoms with E-state index in [1.807, 2.05) is 84.9 Å².